The Labute approximate surface area is 162 Å². The zero-order chi connectivity index (χ0) is 18.8. The van der Waals surface area contributed by atoms with Gasteiger partial charge in [-0.2, -0.15) is 0 Å². The Morgan fingerprint density at radius 3 is 2.38 bits per heavy atom. The lowest BCUT2D eigenvalue weighted by molar-refractivity contribution is -0.133. The number of imide groups is 1. The number of amides is 3. The molecule has 0 atom stereocenters. The van der Waals surface area contributed by atoms with Gasteiger partial charge in [0, 0.05) is 50.2 Å². The van der Waals surface area contributed by atoms with Crippen LogP contribution >= 0.6 is 15.9 Å². The molecule has 3 rings (SSSR count). The van der Waals surface area contributed by atoms with E-state index in [2.05, 4.69) is 34.7 Å². The lowest BCUT2D eigenvalue weighted by Crippen LogP contribution is -2.50. The molecule has 0 aliphatic carbocycles. The Morgan fingerprint density at radius 1 is 1.08 bits per heavy atom. The first-order chi connectivity index (χ1) is 12.4. The summed E-state index contributed by atoms with van der Waals surface area (Å²) in [6.45, 7) is 8.75. The maximum atomic E-state index is 12.5. The van der Waals surface area contributed by atoms with Crippen LogP contribution < -0.4 is 0 Å². The maximum absolute atomic E-state index is 12.5. The summed E-state index contributed by atoms with van der Waals surface area (Å²) in [4.78, 5) is 42.7. The molecule has 0 spiro atoms. The normalized spacial score (nSPS) is 18.0. The van der Waals surface area contributed by atoms with Crippen LogP contribution in [-0.2, 0) is 4.79 Å². The topological polar surface area (TPSA) is 60.9 Å². The Morgan fingerprint density at radius 2 is 1.73 bits per heavy atom. The number of halogens is 1. The van der Waals surface area contributed by atoms with E-state index in [0.717, 1.165) is 24.1 Å². The van der Waals surface area contributed by atoms with E-state index in [1.807, 2.05) is 4.90 Å². The molecule has 2 aliphatic heterocycles. The highest BCUT2D eigenvalue weighted by atomic mass is 79.9. The number of benzene rings is 1. The number of hydrogen-bond acceptors (Lipinski definition) is 4. The van der Waals surface area contributed by atoms with Crippen LogP contribution in [0.2, 0.25) is 0 Å². The van der Waals surface area contributed by atoms with Crippen molar-refractivity contribution in [3.05, 3.63) is 33.8 Å². The molecule has 2 heterocycles. The molecule has 1 fully saturated rings. The molecule has 26 heavy (non-hydrogen) atoms. The fraction of sp³-hybridized carbons (Fsp3) is 0.526. The van der Waals surface area contributed by atoms with E-state index >= 15 is 0 Å². The lowest BCUT2D eigenvalue weighted by atomic mass is 10.1. The van der Waals surface area contributed by atoms with Crippen LogP contribution in [0.3, 0.4) is 0 Å². The number of carbonyl (C=O) groups excluding carboxylic acids is 3. The molecule has 0 aromatic heterocycles. The van der Waals surface area contributed by atoms with E-state index in [0.29, 0.717) is 30.1 Å². The van der Waals surface area contributed by atoms with Gasteiger partial charge < -0.3 is 4.90 Å². The predicted octanol–water partition coefficient (Wildman–Crippen LogP) is 2.24. The molecule has 7 heteroatoms. The molecule has 1 aromatic carbocycles. The van der Waals surface area contributed by atoms with Gasteiger partial charge in [0.25, 0.3) is 11.8 Å². The van der Waals surface area contributed by atoms with Gasteiger partial charge in [-0.1, -0.05) is 29.8 Å². The molecular weight excluding hydrogens is 398 g/mol. The van der Waals surface area contributed by atoms with Crippen molar-refractivity contribution in [1.82, 2.24) is 14.7 Å². The minimum atomic E-state index is -0.319. The molecule has 6 nitrogen and oxygen atoms in total. The molecular formula is C19H24BrN3O3. The second kappa shape index (κ2) is 7.88. The maximum Gasteiger partial charge on any atom is 0.261 e. The molecule has 0 saturated carbocycles. The van der Waals surface area contributed by atoms with E-state index in [4.69, 9.17) is 0 Å². The van der Waals surface area contributed by atoms with Crippen molar-refractivity contribution in [2.24, 2.45) is 5.92 Å². The van der Waals surface area contributed by atoms with Crippen LogP contribution in [0.5, 0.6) is 0 Å². The number of piperazine rings is 1. The first-order valence-electron chi connectivity index (χ1n) is 9.02. The third-order valence-electron chi connectivity index (χ3n) is 4.83. The average Bonchev–Trinajstić information content (AvgIpc) is 2.83. The van der Waals surface area contributed by atoms with Gasteiger partial charge in [-0.05, 0) is 24.1 Å². The zero-order valence-electron chi connectivity index (χ0n) is 15.2. The standard InChI is InChI=1S/C19H24BrN3O3/c1-13(2)12-21-7-9-22(10-8-21)17(24)5-6-23-18(25)15-4-3-14(20)11-16(15)19(23)26/h3-4,11,13H,5-10,12H2,1-2H3. The smallest absolute Gasteiger partial charge is 0.261 e. The van der Waals surface area contributed by atoms with Crippen molar-refractivity contribution in [2.45, 2.75) is 20.3 Å². The van der Waals surface area contributed by atoms with Crippen molar-refractivity contribution >= 4 is 33.7 Å². The zero-order valence-corrected chi connectivity index (χ0v) is 16.8. The highest BCUT2D eigenvalue weighted by Crippen LogP contribution is 2.26. The van der Waals surface area contributed by atoms with Gasteiger partial charge in [-0.3, -0.25) is 24.2 Å². The van der Waals surface area contributed by atoms with Crippen LogP contribution in [-0.4, -0.2) is 71.7 Å². The first kappa shape index (κ1) is 19.0. The predicted molar refractivity (Wildman–Crippen MR) is 102 cm³/mol. The fourth-order valence-electron chi connectivity index (χ4n) is 3.53. The number of hydrogen-bond donors (Lipinski definition) is 0. The van der Waals surface area contributed by atoms with Crippen molar-refractivity contribution in [3.8, 4) is 0 Å². The minimum Gasteiger partial charge on any atom is -0.340 e. The van der Waals surface area contributed by atoms with Crippen molar-refractivity contribution in [2.75, 3.05) is 39.3 Å². The van der Waals surface area contributed by atoms with E-state index in [1.54, 1.807) is 18.2 Å². The van der Waals surface area contributed by atoms with Crippen LogP contribution in [0, 0.1) is 5.92 Å². The minimum absolute atomic E-state index is 0.00642. The summed E-state index contributed by atoms with van der Waals surface area (Å²) >= 11 is 3.32. The second-order valence-electron chi connectivity index (χ2n) is 7.28. The van der Waals surface area contributed by atoms with Crippen LogP contribution in [0.25, 0.3) is 0 Å². The summed E-state index contributed by atoms with van der Waals surface area (Å²) in [5.41, 5.74) is 0.812. The van der Waals surface area contributed by atoms with Crippen LogP contribution in [0.4, 0.5) is 0 Å². The fourth-order valence-corrected chi connectivity index (χ4v) is 3.89. The van der Waals surface area contributed by atoms with Gasteiger partial charge in [0.05, 0.1) is 11.1 Å². The van der Waals surface area contributed by atoms with Crippen molar-refractivity contribution < 1.29 is 14.4 Å². The Balaban J connectivity index is 1.53. The Hall–Kier alpha value is -1.73. The number of carbonyl (C=O) groups is 3. The van der Waals surface area contributed by atoms with Gasteiger partial charge >= 0.3 is 0 Å². The van der Waals surface area contributed by atoms with Gasteiger partial charge in [0.15, 0.2) is 0 Å². The van der Waals surface area contributed by atoms with Crippen molar-refractivity contribution in [3.63, 3.8) is 0 Å². The summed E-state index contributed by atoms with van der Waals surface area (Å²) in [5.74, 6) is -0.00838. The number of nitrogens with zero attached hydrogens (tertiary/aromatic N) is 3. The van der Waals surface area contributed by atoms with Gasteiger partial charge in [-0.15, -0.1) is 0 Å². The Bertz CT molecular complexity index is 727. The highest BCUT2D eigenvalue weighted by Gasteiger charge is 2.36. The van der Waals surface area contributed by atoms with E-state index in [9.17, 15) is 14.4 Å². The molecule has 1 saturated heterocycles. The molecule has 0 unspecified atom stereocenters. The summed E-state index contributed by atoms with van der Waals surface area (Å²) in [5, 5.41) is 0. The third-order valence-corrected chi connectivity index (χ3v) is 5.32. The molecule has 0 bridgehead atoms. The molecule has 0 N–H and O–H groups in total. The molecule has 2 aliphatic rings. The molecule has 3 amide bonds. The summed E-state index contributed by atoms with van der Waals surface area (Å²) < 4.78 is 0.759. The monoisotopic (exact) mass is 421 g/mol. The lowest BCUT2D eigenvalue weighted by Gasteiger charge is -2.35. The van der Waals surface area contributed by atoms with E-state index in [1.165, 1.54) is 4.90 Å². The van der Waals surface area contributed by atoms with Gasteiger partial charge in [0.1, 0.15) is 0 Å². The Kier molecular flexibility index (Phi) is 5.77. The molecule has 0 radical (unpaired) electrons. The quantitative estimate of drug-likeness (QED) is 0.683. The first-order valence-corrected chi connectivity index (χ1v) is 9.82. The summed E-state index contributed by atoms with van der Waals surface area (Å²) in [6, 6.07) is 5.05. The highest BCUT2D eigenvalue weighted by molar-refractivity contribution is 9.10. The second-order valence-corrected chi connectivity index (χ2v) is 8.19. The number of rotatable bonds is 5. The summed E-state index contributed by atoms with van der Waals surface area (Å²) in [7, 11) is 0. The van der Waals surface area contributed by atoms with Crippen molar-refractivity contribution in [1.29, 1.82) is 0 Å². The SMILES string of the molecule is CC(C)CN1CCN(C(=O)CCN2C(=O)c3ccc(Br)cc3C2=O)CC1. The van der Waals surface area contributed by atoms with Gasteiger partial charge in [0.2, 0.25) is 5.91 Å². The van der Waals surface area contributed by atoms with E-state index < -0.39 is 0 Å². The summed E-state index contributed by atoms with van der Waals surface area (Å²) in [6.07, 6.45) is 0.177. The van der Waals surface area contributed by atoms with Gasteiger partial charge in [-0.25, -0.2) is 0 Å². The van der Waals surface area contributed by atoms with Crippen LogP contribution in [0.1, 0.15) is 41.0 Å². The molecule has 140 valence electrons. The number of fused-ring (bicyclic) bond motifs is 1. The van der Waals surface area contributed by atoms with E-state index in [-0.39, 0.29) is 30.7 Å². The largest absolute Gasteiger partial charge is 0.340 e. The van der Waals surface area contributed by atoms with Crippen LogP contribution in [0.15, 0.2) is 22.7 Å². The average molecular weight is 422 g/mol. The third kappa shape index (κ3) is 3.99. The molecule has 1 aromatic rings.